The number of aliphatic hydroxyl groups excluding tert-OH is 1. The van der Waals surface area contributed by atoms with Crippen molar-refractivity contribution in [3.8, 4) is 5.75 Å². The van der Waals surface area contributed by atoms with E-state index in [9.17, 15) is 5.11 Å². The number of para-hydroxylation sites is 1. The Bertz CT molecular complexity index is 501. The van der Waals surface area contributed by atoms with Crippen molar-refractivity contribution >= 4 is 0 Å². The maximum absolute atomic E-state index is 10.2. The van der Waals surface area contributed by atoms with Gasteiger partial charge in [0.05, 0.1) is 19.4 Å². The quantitative estimate of drug-likeness (QED) is 0.729. The normalized spacial score (nSPS) is 12.5. The second-order valence-electron chi connectivity index (χ2n) is 5.09. The second kappa shape index (κ2) is 9.25. The molecule has 0 aliphatic carbocycles. The summed E-state index contributed by atoms with van der Waals surface area (Å²) in [6, 6.07) is 13.3. The molecule has 1 N–H and O–H groups in total. The lowest BCUT2D eigenvalue weighted by Crippen LogP contribution is -2.37. The summed E-state index contributed by atoms with van der Waals surface area (Å²) in [5.74, 6) is 1.63. The predicted molar refractivity (Wildman–Crippen MR) is 83.8 cm³/mol. The van der Waals surface area contributed by atoms with Crippen LogP contribution in [0.2, 0.25) is 0 Å². The van der Waals surface area contributed by atoms with Crippen molar-refractivity contribution in [2.45, 2.75) is 12.6 Å². The molecule has 1 aromatic heterocycles. The molecule has 0 amide bonds. The van der Waals surface area contributed by atoms with Gasteiger partial charge in [0.15, 0.2) is 0 Å². The third-order valence-electron chi connectivity index (χ3n) is 3.23. The molecular weight excluding hydrogens is 282 g/mol. The van der Waals surface area contributed by atoms with Gasteiger partial charge in [0.2, 0.25) is 0 Å². The Morgan fingerprint density at radius 3 is 2.68 bits per heavy atom. The SMILES string of the molecule is COCCN(Cc1ccco1)C[C@@H](O)COc1ccccc1. The lowest BCUT2D eigenvalue weighted by molar-refractivity contribution is 0.0517. The van der Waals surface area contributed by atoms with Gasteiger partial charge in [-0.05, 0) is 24.3 Å². The van der Waals surface area contributed by atoms with Crippen molar-refractivity contribution in [3.63, 3.8) is 0 Å². The molecule has 1 aromatic carbocycles. The molecule has 120 valence electrons. The molecular formula is C17H23NO4. The standard InChI is InChI=1S/C17H23NO4/c1-20-11-9-18(13-17-8-5-10-21-17)12-15(19)14-22-16-6-3-2-4-7-16/h2-8,10,15,19H,9,11-14H2,1H3/t15-/m1/s1. The monoisotopic (exact) mass is 305 g/mol. The first-order valence-corrected chi connectivity index (χ1v) is 7.37. The van der Waals surface area contributed by atoms with Crippen LogP contribution in [0, 0.1) is 0 Å². The Labute approximate surface area is 131 Å². The van der Waals surface area contributed by atoms with E-state index >= 15 is 0 Å². The second-order valence-corrected chi connectivity index (χ2v) is 5.09. The summed E-state index contributed by atoms with van der Waals surface area (Å²) in [7, 11) is 1.67. The van der Waals surface area contributed by atoms with Crippen molar-refractivity contribution in [2.75, 3.05) is 33.4 Å². The summed E-state index contributed by atoms with van der Waals surface area (Å²) in [5.41, 5.74) is 0. The molecule has 1 heterocycles. The molecule has 2 aromatic rings. The van der Waals surface area contributed by atoms with Crippen LogP contribution in [0.4, 0.5) is 0 Å². The third-order valence-corrected chi connectivity index (χ3v) is 3.23. The number of methoxy groups -OCH3 is 1. The number of rotatable bonds is 10. The number of ether oxygens (including phenoxy) is 2. The Hall–Kier alpha value is -1.82. The minimum absolute atomic E-state index is 0.256. The van der Waals surface area contributed by atoms with Gasteiger partial charge in [0.1, 0.15) is 24.2 Å². The summed E-state index contributed by atoms with van der Waals surface area (Å²) in [6.07, 6.45) is 1.07. The van der Waals surface area contributed by atoms with Crippen molar-refractivity contribution in [1.82, 2.24) is 4.90 Å². The fourth-order valence-electron chi connectivity index (χ4n) is 2.14. The highest BCUT2D eigenvalue weighted by molar-refractivity contribution is 5.20. The van der Waals surface area contributed by atoms with E-state index in [2.05, 4.69) is 4.90 Å². The van der Waals surface area contributed by atoms with E-state index in [0.29, 0.717) is 19.7 Å². The number of hydrogen-bond donors (Lipinski definition) is 1. The van der Waals surface area contributed by atoms with Gasteiger partial charge in [-0.25, -0.2) is 0 Å². The van der Waals surface area contributed by atoms with Crippen LogP contribution in [-0.2, 0) is 11.3 Å². The molecule has 0 fully saturated rings. The van der Waals surface area contributed by atoms with Gasteiger partial charge in [-0.2, -0.15) is 0 Å². The molecule has 0 spiro atoms. The van der Waals surface area contributed by atoms with Crippen molar-refractivity contribution in [3.05, 3.63) is 54.5 Å². The van der Waals surface area contributed by atoms with E-state index in [-0.39, 0.29) is 6.61 Å². The summed E-state index contributed by atoms with van der Waals surface area (Å²) in [5, 5.41) is 10.2. The summed E-state index contributed by atoms with van der Waals surface area (Å²) in [4.78, 5) is 2.08. The summed E-state index contributed by atoms with van der Waals surface area (Å²) in [6.45, 7) is 2.72. The van der Waals surface area contributed by atoms with Crippen LogP contribution < -0.4 is 4.74 Å². The van der Waals surface area contributed by atoms with Gasteiger partial charge in [-0.3, -0.25) is 4.90 Å². The average Bonchev–Trinajstić information content (AvgIpc) is 3.04. The van der Waals surface area contributed by atoms with Crippen molar-refractivity contribution in [1.29, 1.82) is 0 Å². The van der Waals surface area contributed by atoms with E-state index in [1.54, 1.807) is 13.4 Å². The Kier molecular flexibility index (Phi) is 6.96. The lowest BCUT2D eigenvalue weighted by atomic mass is 10.3. The van der Waals surface area contributed by atoms with E-state index in [1.165, 1.54) is 0 Å². The maximum Gasteiger partial charge on any atom is 0.119 e. The van der Waals surface area contributed by atoms with Crippen molar-refractivity contribution in [2.24, 2.45) is 0 Å². The molecule has 0 saturated carbocycles. The van der Waals surface area contributed by atoms with Crippen molar-refractivity contribution < 1.29 is 19.0 Å². The average molecular weight is 305 g/mol. The molecule has 0 bridgehead atoms. The van der Waals surface area contributed by atoms with Gasteiger partial charge in [0, 0.05) is 20.2 Å². The highest BCUT2D eigenvalue weighted by Gasteiger charge is 2.14. The molecule has 1 atom stereocenters. The number of nitrogens with zero attached hydrogens (tertiary/aromatic N) is 1. The van der Waals surface area contributed by atoms with Crippen LogP contribution >= 0.6 is 0 Å². The van der Waals surface area contributed by atoms with Gasteiger partial charge >= 0.3 is 0 Å². The zero-order chi connectivity index (χ0) is 15.6. The number of benzene rings is 1. The number of furan rings is 1. The lowest BCUT2D eigenvalue weighted by Gasteiger charge is -2.24. The Balaban J connectivity index is 1.80. The molecule has 5 heteroatoms. The van der Waals surface area contributed by atoms with Gasteiger partial charge < -0.3 is 19.0 Å². The Morgan fingerprint density at radius 2 is 2.00 bits per heavy atom. The largest absolute Gasteiger partial charge is 0.491 e. The first-order chi connectivity index (χ1) is 10.8. The highest BCUT2D eigenvalue weighted by Crippen LogP contribution is 2.10. The fraction of sp³-hybridized carbons (Fsp3) is 0.412. The van der Waals surface area contributed by atoms with Crippen LogP contribution in [0.25, 0.3) is 0 Å². The predicted octanol–water partition coefficient (Wildman–Crippen LogP) is 2.17. The third kappa shape index (κ3) is 5.89. The minimum Gasteiger partial charge on any atom is -0.491 e. The zero-order valence-electron chi connectivity index (χ0n) is 12.9. The summed E-state index contributed by atoms with van der Waals surface area (Å²) >= 11 is 0. The molecule has 2 rings (SSSR count). The number of hydrogen-bond acceptors (Lipinski definition) is 5. The van der Waals surface area contributed by atoms with Crippen LogP contribution in [0.1, 0.15) is 5.76 Å². The van der Waals surface area contributed by atoms with Gasteiger partial charge in [-0.1, -0.05) is 18.2 Å². The number of aliphatic hydroxyl groups is 1. The van der Waals surface area contributed by atoms with E-state index < -0.39 is 6.10 Å². The van der Waals surface area contributed by atoms with Gasteiger partial charge in [-0.15, -0.1) is 0 Å². The van der Waals surface area contributed by atoms with E-state index in [0.717, 1.165) is 18.1 Å². The molecule has 0 saturated heterocycles. The van der Waals surface area contributed by atoms with E-state index in [4.69, 9.17) is 13.9 Å². The molecule has 22 heavy (non-hydrogen) atoms. The first kappa shape index (κ1) is 16.5. The first-order valence-electron chi connectivity index (χ1n) is 7.37. The van der Waals surface area contributed by atoms with Gasteiger partial charge in [0.25, 0.3) is 0 Å². The summed E-state index contributed by atoms with van der Waals surface area (Å²) < 4.78 is 16.1. The smallest absolute Gasteiger partial charge is 0.119 e. The van der Waals surface area contributed by atoms with Crippen LogP contribution in [0.15, 0.2) is 53.1 Å². The maximum atomic E-state index is 10.2. The zero-order valence-corrected chi connectivity index (χ0v) is 12.9. The molecule has 0 aliphatic rings. The molecule has 0 aliphatic heterocycles. The highest BCUT2D eigenvalue weighted by atomic mass is 16.5. The minimum atomic E-state index is -0.577. The Morgan fingerprint density at radius 1 is 1.18 bits per heavy atom. The van der Waals surface area contributed by atoms with E-state index in [1.807, 2.05) is 42.5 Å². The van der Waals surface area contributed by atoms with Crippen LogP contribution in [0.5, 0.6) is 5.75 Å². The molecule has 0 unspecified atom stereocenters. The molecule has 5 nitrogen and oxygen atoms in total. The fourth-order valence-corrected chi connectivity index (χ4v) is 2.14. The molecule has 0 radical (unpaired) electrons. The van der Waals surface area contributed by atoms with Crippen LogP contribution in [0.3, 0.4) is 0 Å². The topological polar surface area (TPSA) is 55.1 Å². The van der Waals surface area contributed by atoms with Crippen LogP contribution in [-0.4, -0.2) is 49.5 Å².